The first kappa shape index (κ1) is 12.5. The van der Waals surface area contributed by atoms with Gasteiger partial charge < -0.3 is 14.4 Å². The summed E-state index contributed by atoms with van der Waals surface area (Å²) in [4.78, 5) is 15.9. The number of hydrogen-bond acceptors (Lipinski definition) is 4. The van der Waals surface area contributed by atoms with Crippen molar-refractivity contribution < 1.29 is 14.6 Å². The number of benzene rings is 1. The monoisotopic (exact) mass is 264 g/mol. The molecule has 0 saturated carbocycles. The SMILES string of the molecule is COc1ccc(C(=O)O)c(Sc2nccn2C)c1. The van der Waals surface area contributed by atoms with Crippen molar-refractivity contribution in [1.82, 2.24) is 9.55 Å². The molecule has 0 aliphatic carbocycles. The van der Waals surface area contributed by atoms with E-state index in [1.165, 1.54) is 17.8 Å². The summed E-state index contributed by atoms with van der Waals surface area (Å²) in [5, 5.41) is 9.87. The van der Waals surface area contributed by atoms with E-state index in [1.54, 1.807) is 25.4 Å². The van der Waals surface area contributed by atoms with E-state index in [9.17, 15) is 4.79 Å². The molecule has 1 N–H and O–H groups in total. The number of carboxylic acids is 1. The molecule has 1 heterocycles. The van der Waals surface area contributed by atoms with Crippen molar-refractivity contribution in [3.05, 3.63) is 36.2 Å². The Kier molecular flexibility index (Phi) is 3.57. The van der Waals surface area contributed by atoms with Crippen molar-refractivity contribution in [2.24, 2.45) is 7.05 Å². The number of aromatic nitrogens is 2. The van der Waals surface area contributed by atoms with Crippen LogP contribution in [0.15, 0.2) is 40.6 Å². The van der Waals surface area contributed by atoms with Gasteiger partial charge in [0.1, 0.15) is 5.75 Å². The maximum atomic E-state index is 11.2. The third-order valence-electron chi connectivity index (χ3n) is 2.40. The molecule has 0 saturated heterocycles. The Morgan fingerprint density at radius 3 is 2.83 bits per heavy atom. The van der Waals surface area contributed by atoms with Crippen LogP contribution in [0.3, 0.4) is 0 Å². The van der Waals surface area contributed by atoms with Crippen molar-refractivity contribution in [2.75, 3.05) is 7.11 Å². The highest BCUT2D eigenvalue weighted by Gasteiger charge is 2.14. The van der Waals surface area contributed by atoms with Gasteiger partial charge in [0.15, 0.2) is 5.16 Å². The molecular weight excluding hydrogens is 252 g/mol. The molecule has 2 rings (SSSR count). The number of carboxylic acid groups (broad SMARTS) is 1. The predicted molar refractivity (Wildman–Crippen MR) is 67.3 cm³/mol. The fourth-order valence-electron chi connectivity index (χ4n) is 1.44. The Labute approximate surface area is 108 Å². The van der Waals surface area contributed by atoms with Crippen LogP contribution < -0.4 is 4.74 Å². The molecule has 2 aromatic rings. The quantitative estimate of drug-likeness (QED) is 0.917. The lowest BCUT2D eigenvalue weighted by molar-refractivity contribution is 0.0693. The van der Waals surface area contributed by atoms with E-state index in [-0.39, 0.29) is 5.56 Å². The van der Waals surface area contributed by atoms with Crippen LogP contribution in [-0.4, -0.2) is 27.7 Å². The maximum absolute atomic E-state index is 11.2. The van der Waals surface area contributed by atoms with Gasteiger partial charge in [0, 0.05) is 24.3 Å². The third-order valence-corrected chi connectivity index (χ3v) is 3.53. The minimum absolute atomic E-state index is 0.240. The lowest BCUT2D eigenvalue weighted by atomic mass is 10.2. The van der Waals surface area contributed by atoms with Crippen LogP contribution >= 0.6 is 11.8 Å². The van der Waals surface area contributed by atoms with E-state index in [1.807, 2.05) is 17.8 Å². The third kappa shape index (κ3) is 2.48. The van der Waals surface area contributed by atoms with Crippen molar-refractivity contribution in [3.63, 3.8) is 0 Å². The van der Waals surface area contributed by atoms with Crippen molar-refractivity contribution in [3.8, 4) is 5.75 Å². The smallest absolute Gasteiger partial charge is 0.336 e. The van der Waals surface area contributed by atoms with Crippen LogP contribution in [0.1, 0.15) is 10.4 Å². The Morgan fingerprint density at radius 1 is 1.50 bits per heavy atom. The van der Waals surface area contributed by atoms with Crippen molar-refractivity contribution >= 4 is 17.7 Å². The molecular formula is C12H12N2O3S. The average molecular weight is 264 g/mol. The molecule has 94 valence electrons. The van der Waals surface area contributed by atoms with Gasteiger partial charge in [-0.05, 0) is 18.2 Å². The zero-order valence-electron chi connectivity index (χ0n) is 9.95. The fraction of sp³-hybridized carbons (Fsp3) is 0.167. The van der Waals surface area contributed by atoms with E-state index in [0.29, 0.717) is 10.6 Å². The minimum atomic E-state index is -0.964. The molecule has 0 atom stereocenters. The van der Waals surface area contributed by atoms with E-state index < -0.39 is 5.97 Å². The lowest BCUT2D eigenvalue weighted by Gasteiger charge is -2.08. The van der Waals surface area contributed by atoms with Crippen molar-refractivity contribution in [1.29, 1.82) is 0 Å². The zero-order chi connectivity index (χ0) is 13.1. The molecule has 1 aromatic heterocycles. The van der Waals surface area contributed by atoms with Gasteiger partial charge in [0.25, 0.3) is 0 Å². The molecule has 0 fully saturated rings. The molecule has 1 aromatic carbocycles. The summed E-state index contributed by atoms with van der Waals surface area (Å²) in [6.45, 7) is 0. The first-order valence-corrected chi connectivity index (χ1v) is 6.00. The van der Waals surface area contributed by atoms with Crippen LogP contribution in [0.4, 0.5) is 0 Å². The standard InChI is InChI=1S/C12H12N2O3S/c1-14-6-5-13-12(14)18-10-7-8(17-2)3-4-9(10)11(15)16/h3-7H,1-2H3,(H,15,16). The van der Waals surface area contributed by atoms with Crippen LogP contribution in [0.25, 0.3) is 0 Å². The Balaban J connectivity index is 2.41. The zero-order valence-corrected chi connectivity index (χ0v) is 10.8. The van der Waals surface area contributed by atoms with Gasteiger partial charge in [0.05, 0.1) is 12.7 Å². The second kappa shape index (κ2) is 5.14. The van der Waals surface area contributed by atoms with Crippen molar-refractivity contribution in [2.45, 2.75) is 10.1 Å². The summed E-state index contributed by atoms with van der Waals surface area (Å²) in [6.07, 6.45) is 3.48. The lowest BCUT2D eigenvalue weighted by Crippen LogP contribution is -2.00. The summed E-state index contributed by atoms with van der Waals surface area (Å²) < 4.78 is 6.93. The van der Waals surface area contributed by atoms with Gasteiger partial charge in [0.2, 0.25) is 0 Å². The normalized spacial score (nSPS) is 10.3. The summed E-state index contributed by atoms with van der Waals surface area (Å²) in [6, 6.07) is 4.86. The number of hydrogen-bond donors (Lipinski definition) is 1. The van der Waals surface area contributed by atoms with Gasteiger partial charge in [-0.2, -0.15) is 0 Å². The topological polar surface area (TPSA) is 64.3 Å². The van der Waals surface area contributed by atoms with Crippen LogP contribution in [0.2, 0.25) is 0 Å². The molecule has 0 amide bonds. The second-order valence-corrected chi connectivity index (χ2v) is 4.60. The molecule has 0 unspecified atom stereocenters. The highest BCUT2D eigenvalue weighted by Crippen LogP contribution is 2.32. The molecule has 0 aliphatic rings. The van der Waals surface area contributed by atoms with Crippen LogP contribution in [-0.2, 0) is 7.05 Å². The molecule has 6 heteroatoms. The molecule has 18 heavy (non-hydrogen) atoms. The minimum Gasteiger partial charge on any atom is -0.497 e. The molecule has 0 radical (unpaired) electrons. The molecule has 0 aliphatic heterocycles. The highest BCUT2D eigenvalue weighted by atomic mass is 32.2. The maximum Gasteiger partial charge on any atom is 0.336 e. The molecule has 0 bridgehead atoms. The number of nitrogens with zero attached hydrogens (tertiary/aromatic N) is 2. The highest BCUT2D eigenvalue weighted by molar-refractivity contribution is 7.99. The Morgan fingerprint density at radius 2 is 2.28 bits per heavy atom. The molecule has 5 nitrogen and oxygen atoms in total. The number of ether oxygens (including phenoxy) is 1. The summed E-state index contributed by atoms with van der Waals surface area (Å²) >= 11 is 1.30. The van der Waals surface area contributed by atoms with E-state index in [2.05, 4.69) is 4.98 Å². The van der Waals surface area contributed by atoms with Crippen LogP contribution in [0.5, 0.6) is 5.75 Å². The summed E-state index contributed by atoms with van der Waals surface area (Å²) in [5.41, 5.74) is 0.240. The van der Waals surface area contributed by atoms with Gasteiger partial charge in [-0.1, -0.05) is 11.8 Å². The number of aromatic carboxylic acids is 1. The largest absolute Gasteiger partial charge is 0.497 e. The number of rotatable bonds is 4. The van der Waals surface area contributed by atoms with E-state index >= 15 is 0 Å². The second-order valence-electron chi connectivity index (χ2n) is 3.59. The van der Waals surface area contributed by atoms with Gasteiger partial charge in [-0.25, -0.2) is 9.78 Å². The van der Waals surface area contributed by atoms with E-state index in [4.69, 9.17) is 9.84 Å². The number of methoxy groups -OCH3 is 1. The Bertz CT molecular complexity index is 580. The fourth-order valence-corrected chi connectivity index (χ4v) is 2.39. The van der Waals surface area contributed by atoms with Gasteiger partial charge in [-0.15, -0.1) is 0 Å². The number of aryl methyl sites for hydroxylation is 1. The van der Waals surface area contributed by atoms with Crippen LogP contribution in [0, 0.1) is 0 Å². The predicted octanol–water partition coefficient (Wildman–Crippen LogP) is 2.28. The first-order chi connectivity index (χ1) is 8.61. The first-order valence-electron chi connectivity index (χ1n) is 5.18. The summed E-state index contributed by atoms with van der Waals surface area (Å²) in [7, 11) is 3.40. The van der Waals surface area contributed by atoms with E-state index in [0.717, 1.165) is 5.16 Å². The number of imidazole rings is 1. The summed E-state index contributed by atoms with van der Waals surface area (Å²) in [5.74, 6) is -0.342. The van der Waals surface area contributed by atoms with Gasteiger partial charge >= 0.3 is 5.97 Å². The van der Waals surface area contributed by atoms with Gasteiger partial charge in [-0.3, -0.25) is 0 Å². The molecule has 0 spiro atoms. The Hall–Kier alpha value is -1.95. The average Bonchev–Trinajstić information content (AvgIpc) is 2.74. The number of carbonyl (C=O) groups is 1.